The number of carbonyl (C=O) groups excluding carboxylic acids is 3. The van der Waals surface area contributed by atoms with Gasteiger partial charge in [0, 0.05) is 40.7 Å². The SMILES string of the molecule is CCOC(=O)c1c(NC(=O)CSc2cccc(NC(=O)c3ccc(OC)c(OC)c3)c2)sc2c1CCN(Cc1ccccc1)C2. The van der Waals surface area contributed by atoms with Crippen molar-refractivity contribution < 1.29 is 28.6 Å². The molecule has 2 heterocycles. The van der Waals surface area contributed by atoms with Gasteiger partial charge in [-0.2, -0.15) is 0 Å². The van der Waals surface area contributed by atoms with Crippen molar-refractivity contribution in [3.8, 4) is 11.5 Å². The van der Waals surface area contributed by atoms with Crippen molar-refractivity contribution in [2.24, 2.45) is 0 Å². The first-order chi connectivity index (χ1) is 21.9. The lowest BCUT2D eigenvalue weighted by Crippen LogP contribution is -2.30. The number of carbonyl (C=O) groups is 3. The second-order valence-corrected chi connectivity index (χ2v) is 12.4. The monoisotopic (exact) mass is 645 g/mol. The first-order valence-electron chi connectivity index (χ1n) is 14.5. The molecule has 2 amide bonds. The topological polar surface area (TPSA) is 106 Å². The van der Waals surface area contributed by atoms with Gasteiger partial charge >= 0.3 is 5.97 Å². The molecule has 0 bridgehead atoms. The summed E-state index contributed by atoms with van der Waals surface area (Å²) in [6, 6.07) is 22.5. The summed E-state index contributed by atoms with van der Waals surface area (Å²) in [5, 5.41) is 6.40. The van der Waals surface area contributed by atoms with E-state index in [4.69, 9.17) is 14.2 Å². The van der Waals surface area contributed by atoms with E-state index in [0.717, 1.165) is 28.4 Å². The Hall–Kier alpha value is -4.32. The number of rotatable bonds is 12. The number of hydrogen-bond donors (Lipinski definition) is 2. The minimum absolute atomic E-state index is 0.123. The molecule has 0 unspecified atom stereocenters. The van der Waals surface area contributed by atoms with Gasteiger partial charge in [0.2, 0.25) is 5.91 Å². The quantitative estimate of drug-likeness (QED) is 0.133. The zero-order valence-electron chi connectivity index (χ0n) is 25.4. The van der Waals surface area contributed by atoms with Crippen LogP contribution in [-0.4, -0.2) is 55.8 Å². The van der Waals surface area contributed by atoms with E-state index in [1.54, 1.807) is 31.2 Å². The first-order valence-corrected chi connectivity index (χ1v) is 16.3. The number of fused-ring (bicyclic) bond motifs is 1. The van der Waals surface area contributed by atoms with Crippen molar-refractivity contribution in [3.63, 3.8) is 0 Å². The maximum atomic E-state index is 13.1. The summed E-state index contributed by atoms with van der Waals surface area (Å²) < 4.78 is 15.9. The highest BCUT2D eigenvalue weighted by Gasteiger charge is 2.29. The molecule has 45 heavy (non-hydrogen) atoms. The van der Waals surface area contributed by atoms with E-state index in [2.05, 4.69) is 27.7 Å². The molecule has 234 valence electrons. The van der Waals surface area contributed by atoms with Crippen LogP contribution in [0.4, 0.5) is 10.7 Å². The number of nitrogens with zero attached hydrogens (tertiary/aromatic N) is 1. The van der Waals surface area contributed by atoms with E-state index < -0.39 is 5.97 Å². The van der Waals surface area contributed by atoms with Crippen LogP contribution in [0, 0.1) is 0 Å². The molecule has 5 rings (SSSR count). The molecule has 1 aliphatic heterocycles. The summed E-state index contributed by atoms with van der Waals surface area (Å²) in [5.41, 5.74) is 3.68. The maximum Gasteiger partial charge on any atom is 0.341 e. The van der Waals surface area contributed by atoms with E-state index in [9.17, 15) is 14.4 Å². The van der Waals surface area contributed by atoms with Gasteiger partial charge in [-0.15, -0.1) is 23.1 Å². The molecule has 2 N–H and O–H groups in total. The summed E-state index contributed by atoms with van der Waals surface area (Å²) in [4.78, 5) is 43.2. The van der Waals surface area contributed by atoms with E-state index in [0.29, 0.717) is 46.3 Å². The summed E-state index contributed by atoms with van der Waals surface area (Å²) in [6.07, 6.45) is 0.708. The lowest BCUT2D eigenvalue weighted by atomic mass is 10.0. The Morgan fingerprint density at radius 3 is 2.49 bits per heavy atom. The van der Waals surface area contributed by atoms with Crippen LogP contribution < -0.4 is 20.1 Å². The average molecular weight is 646 g/mol. The van der Waals surface area contributed by atoms with Crippen LogP contribution in [0.25, 0.3) is 0 Å². The largest absolute Gasteiger partial charge is 0.493 e. The molecule has 0 atom stereocenters. The fourth-order valence-corrected chi connectivity index (χ4v) is 7.15. The summed E-state index contributed by atoms with van der Waals surface area (Å²) in [5.74, 6) is 0.178. The van der Waals surface area contributed by atoms with Gasteiger partial charge < -0.3 is 24.8 Å². The number of amides is 2. The number of thiophene rings is 1. The number of esters is 1. The standard InChI is InChI=1S/C34H35N3O6S2/c1-4-43-34(40)31-26-15-16-37(19-22-9-6-5-7-10-22)20-29(26)45-33(31)36-30(38)21-44-25-12-8-11-24(18-25)35-32(39)23-13-14-27(41-2)28(17-23)42-3/h5-14,17-18H,4,15-16,19-21H2,1-3H3,(H,35,39)(H,36,38). The number of hydrogen-bond acceptors (Lipinski definition) is 9. The molecule has 0 spiro atoms. The molecular formula is C34H35N3O6S2. The van der Waals surface area contributed by atoms with Crippen LogP contribution in [-0.2, 0) is 29.0 Å². The van der Waals surface area contributed by atoms with E-state index in [1.165, 1.54) is 42.9 Å². The second kappa shape index (κ2) is 15.1. The Morgan fingerprint density at radius 2 is 1.73 bits per heavy atom. The summed E-state index contributed by atoms with van der Waals surface area (Å²) in [6.45, 7) is 4.36. The van der Waals surface area contributed by atoms with Gasteiger partial charge in [0.05, 0.1) is 32.1 Å². The molecule has 9 nitrogen and oxygen atoms in total. The molecule has 0 fully saturated rings. The Labute approximate surface area is 270 Å². The third kappa shape index (κ3) is 8.05. The number of methoxy groups -OCH3 is 2. The Bertz CT molecular complexity index is 1670. The molecular weight excluding hydrogens is 611 g/mol. The van der Waals surface area contributed by atoms with E-state index in [-0.39, 0.29) is 24.2 Å². The van der Waals surface area contributed by atoms with Gasteiger partial charge in [0.1, 0.15) is 5.00 Å². The van der Waals surface area contributed by atoms with Crippen molar-refractivity contribution >= 4 is 51.6 Å². The zero-order valence-corrected chi connectivity index (χ0v) is 27.0. The van der Waals surface area contributed by atoms with Gasteiger partial charge in [0.25, 0.3) is 5.91 Å². The van der Waals surface area contributed by atoms with Crippen LogP contribution in [0.15, 0.2) is 77.7 Å². The highest BCUT2D eigenvalue weighted by Crippen LogP contribution is 2.38. The molecule has 0 saturated heterocycles. The lowest BCUT2D eigenvalue weighted by Gasteiger charge is -2.27. The molecule has 1 aliphatic rings. The highest BCUT2D eigenvalue weighted by atomic mass is 32.2. The number of nitrogens with one attached hydrogen (secondary N) is 2. The van der Waals surface area contributed by atoms with Gasteiger partial charge in [-0.05, 0) is 60.9 Å². The normalized spacial score (nSPS) is 12.6. The first kappa shape index (κ1) is 32.1. The Kier molecular flexibility index (Phi) is 10.8. The van der Waals surface area contributed by atoms with Gasteiger partial charge in [-0.25, -0.2) is 4.79 Å². The van der Waals surface area contributed by atoms with Crippen molar-refractivity contribution in [1.29, 1.82) is 0 Å². The second-order valence-electron chi connectivity index (χ2n) is 10.3. The molecule has 1 aromatic heterocycles. The summed E-state index contributed by atoms with van der Waals surface area (Å²) in [7, 11) is 3.05. The van der Waals surface area contributed by atoms with Crippen LogP contribution in [0.2, 0.25) is 0 Å². The third-order valence-corrected chi connectivity index (χ3v) is 9.35. The van der Waals surface area contributed by atoms with E-state index >= 15 is 0 Å². The van der Waals surface area contributed by atoms with Crippen molar-refractivity contribution in [2.45, 2.75) is 31.3 Å². The minimum Gasteiger partial charge on any atom is -0.493 e. The summed E-state index contributed by atoms with van der Waals surface area (Å²) >= 11 is 2.78. The number of ether oxygens (including phenoxy) is 3. The molecule has 11 heteroatoms. The minimum atomic E-state index is -0.410. The van der Waals surface area contributed by atoms with Gasteiger partial charge in [0.15, 0.2) is 11.5 Å². The Morgan fingerprint density at radius 1 is 0.933 bits per heavy atom. The van der Waals surface area contributed by atoms with Crippen LogP contribution >= 0.6 is 23.1 Å². The fraction of sp³-hybridized carbons (Fsp3) is 0.265. The molecule has 3 aromatic carbocycles. The smallest absolute Gasteiger partial charge is 0.341 e. The Balaban J connectivity index is 1.23. The van der Waals surface area contributed by atoms with Crippen LogP contribution in [0.5, 0.6) is 11.5 Å². The van der Waals surface area contributed by atoms with Crippen molar-refractivity contribution in [3.05, 3.63) is 99.9 Å². The highest BCUT2D eigenvalue weighted by molar-refractivity contribution is 8.00. The average Bonchev–Trinajstić information content (AvgIpc) is 3.41. The van der Waals surface area contributed by atoms with Crippen molar-refractivity contribution in [1.82, 2.24) is 4.90 Å². The predicted molar refractivity (Wildman–Crippen MR) is 178 cm³/mol. The number of benzene rings is 3. The molecule has 0 radical (unpaired) electrons. The number of thioether (sulfide) groups is 1. The van der Waals surface area contributed by atoms with E-state index in [1.807, 2.05) is 36.4 Å². The predicted octanol–water partition coefficient (Wildman–Crippen LogP) is 6.48. The molecule has 0 aliphatic carbocycles. The zero-order chi connectivity index (χ0) is 31.8. The third-order valence-electron chi connectivity index (χ3n) is 7.23. The fourth-order valence-electron chi connectivity index (χ4n) is 5.10. The maximum absolute atomic E-state index is 13.1. The lowest BCUT2D eigenvalue weighted by molar-refractivity contribution is -0.113. The molecule has 0 saturated carbocycles. The van der Waals surface area contributed by atoms with Gasteiger partial charge in [-0.1, -0.05) is 36.4 Å². The number of anilines is 2. The van der Waals surface area contributed by atoms with Crippen LogP contribution in [0.1, 0.15) is 43.6 Å². The van der Waals surface area contributed by atoms with Gasteiger partial charge in [-0.3, -0.25) is 14.5 Å². The van der Waals surface area contributed by atoms with Crippen molar-refractivity contribution in [2.75, 3.05) is 43.8 Å². The van der Waals surface area contributed by atoms with Crippen LogP contribution in [0.3, 0.4) is 0 Å². The molecule has 4 aromatic rings.